The summed E-state index contributed by atoms with van der Waals surface area (Å²) in [7, 11) is 0. The van der Waals surface area contributed by atoms with Crippen molar-refractivity contribution in [3.63, 3.8) is 0 Å². The van der Waals surface area contributed by atoms with Gasteiger partial charge in [0, 0.05) is 54.7 Å². The molecule has 2 heterocycles. The molecule has 2 aliphatic rings. The molecule has 48 heavy (non-hydrogen) atoms. The number of aromatic nitrogens is 2. The van der Waals surface area contributed by atoms with Crippen LogP contribution in [0.2, 0.25) is 0 Å². The first-order chi connectivity index (χ1) is 23.5. The van der Waals surface area contributed by atoms with Crippen molar-refractivity contribution in [1.29, 1.82) is 0 Å². The zero-order chi connectivity index (χ0) is 32.4. The Hall–Kier alpha value is -5.74. The van der Waals surface area contributed by atoms with Gasteiger partial charge in [-0.1, -0.05) is 109 Å². The van der Waals surface area contributed by atoms with Gasteiger partial charge in [0.05, 0.1) is 22.3 Å². The maximum absolute atomic E-state index is 16.4. The minimum absolute atomic E-state index is 0.294. The number of para-hydroxylation sites is 4. The molecule has 6 aromatic carbocycles. The zero-order valence-electron chi connectivity index (χ0n) is 26.5. The molecule has 8 aromatic rings. The Morgan fingerprint density at radius 2 is 0.854 bits per heavy atom. The van der Waals surface area contributed by atoms with E-state index in [1.165, 1.54) is 12.1 Å². The van der Waals surface area contributed by atoms with E-state index in [4.69, 9.17) is 0 Å². The van der Waals surface area contributed by atoms with Gasteiger partial charge in [-0.2, -0.15) is 0 Å². The molecule has 0 aliphatic heterocycles. The lowest BCUT2D eigenvalue weighted by Gasteiger charge is -2.29. The summed E-state index contributed by atoms with van der Waals surface area (Å²) in [6, 6.07) is 47.7. The Morgan fingerprint density at radius 3 is 1.35 bits per heavy atom. The van der Waals surface area contributed by atoms with Crippen molar-refractivity contribution in [1.82, 2.24) is 9.13 Å². The highest BCUT2D eigenvalue weighted by Gasteiger charge is 2.75. The first kappa shape index (κ1) is 27.4. The fourth-order valence-corrected chi connectivity index (χ4v) is 9.13. The fraction of sp³-hybridized carbons (Fsp3) is 0.0909. The molecule has 1 saturated carbocycles. The van der Waals surface area contributed by atoms with Crippen LogP contribution < -0.4 is 0 Å². The number of rotatable bonds is 4. The highest BCUT2D eigenvalue weighted by Crippen LogP contribution is 2.80. The van der Waals surface area contributed by atoms with E-state index in [0.29, 0.717) is 11.1 Å². The van der Waals surface area contributed by atoms with Gasteiger partial charge in [0.1, 0.15) is 11.6 Å². The molecule has 0 N–H and O–H groups in total. The van der Waals surface area contributed by atoms with E-state index in [0.717, 1.165) is 66.0 Å². The minimum atomic E-state index is -0.681. The summed E-state index contributed by atoms with van der Waals surface area (Å²) in [4.78, 5) is 0. The Labute approximate surface area is 276 Å². The van der Waals surface area contributed by atoms with Gasteiger partial charge in [0.2, 0.25) is 0 Å². The quantitative estimate of drug-likeness (QED) is 0.184. The normalized spacial score (nSPS) is 20.5. The fourth-order valence-electron chi connectivity index (χ4n) is 9.13. The smallest absolute Gasteiger partial charge is 0.131 e. The summed E-state index contributed by atoms with van der Waals surface area (Å²) in [6.45, 7) is 4.49. The summed E-state index contributed by atoms with van der Waals surface area (Å²) in [5, 5.41) is 4.52. The average Bonchev–Trinajstić information content (AvgIpc) is 3.45. The van der Waals surface area contributed by atoms with Gasteiger partial charge < -0.3 is 9.13 Å². The van der Waals surface area contributed by atoms with Crippen molar-refractivity contribution in [3.05, 3.63) is 174 Å². The molecule has 0 radical (unpaired) electrons. The second kappa shape index (κ2) is 9.42. The topological polar surface area (TPSA) is 9.86 Å². The number of hydrogen-bond donors (Lipinski definition) is 0. The second-order valence-electron chi connectivity index (χ2n) is 13.4. The van der Waals surface area contributed by atoms with Gasteiger partial charge in [-0.15, -0.1) is 0 Å². The van der Waals surface area contributed by atoms with Crippen LogP contribution >= 0.6 is 0 Å². The third-order valence-corrected chi connectivity index (χ3v) is 11.2. The van der Waals surface area contributed by atoms with E-state index in [1.807, 2.05) is 48.5 Å². The van der Waals surface area contributed by atoms with Crippen LogP contribution in [-0.4, -0.2) is 9.13 Å². The van der Waals surface area contributed by atoms with E-state index >= 15 is 8.78 Å². The van der Waals surface area contributed by atoms with Crippen molar-refractivity contribution in [2.75, 3.05) is 0 Å². The molecular formula is C44H30F2N2. The van der Waals surface area contributed by atoms with E-state index in [9.17, 15) is 0 Å². The Balaban J connectivity index is 1.42. The van der Waals surface area contributed by atoms with Crippen LogP contribution in [0.5, 0.6) is 0 Å². The molecule has 10 rings (SSSR count). The molecule has 4 heteroatoms. The van der Waals surface area contributed by atoms with E-state index in [-0.39, 0.29) is 11.6 Å². The van der Waals surface area contributed by atoms with Gasteiger partial charge >= 0.3 is 0 Å². The number of halogens is 2. The predicted octanol–water partition coefficient (Wildman–Crippen LogP) is 11.5. The lowest BCUT2D eigenvalue weighted by Crippen LogP contribution is -2.24. The lowest BCUT2D eigenvalue weighted by atomic mass is 9.85. The van der Waals surface area contributed by atoms with Gasteiger partial charge in [0.25, 0.3) is 0 Å². The van der Waals surface area contributed by atoms with Gasteiger partial charge in [-0.3, -0.25) is 0 Å². The maximum Gasteiger partial charge on any atom is 0.131 e. The SMILES string of the molecule is CC12C(c3ccccc3F)=C(n3c4ccccc4c4ccccc43)C(c3ccccc3F)=C1[C@]2(C)n1c2ccccc2c2ccccc21. The van der Waals surface area contributed by atoms with Crippen LogP contribution in [0.1, 0.15) is 25.0 Å². The average molecular weight is 625 g/mol. The second-order valence-corrected chi connectivity index (χ2v) is 13.4. The lowest BCUT2D eigenvalue weighted by molar-refractivity contribution is 0.470. The highest BCUT2D eigenvalue weighted by molar-refractivity contribution is 6.25. The van der Waals surface area contributed by atoms with Crippen LogP contribution in [0.3, 0.4) is 0 Å². The molecule has 230 valence electrons. The predicted molar refractivity (Wildman–Crippen MR) is 193 cm³/mol. The number of fused-ring (bicyclic) bond motifs is 7. The number of nitrogens with zero attached hydrogens (tertiary/aromatic N) is 2. The molecule has 1 unspecified atom stereocenters. The van der Waals surface area contributed by atoms with E-state index in [1.54, 1.807) is 12.1 Å². The minimum Gasteiger partial charge on any atom is -0.329 e. The summed E-state index contributed by atoms with van der Waals surface area (Å²) >= 11 is 0. The zero-order valence-corrected chi connectivity index (χ0v) is 26.5. The summed E-state index contributed by atoms with van der Waals surface area (Å²) in [5.74, 6) is -0.593. The van der Waals surface area contributed by atoms with Crippen molar-refractivity contribution in [3.8, 4) is 0 Å². The molecule has 2 aliphatic carbocycles. The van der Waals surface area contributed by atoms with Crippen LogP contribution in [0.4, 0.5) is 8.78 Å². The molecule has 0 bridgehead atoms. The number of allylic oxidation sites excluding steroid dienone is 4. The van der Waals surface area contributed by atoms with Crippen LogP contribution in [0.15, 0.2) is 151 Å². The van der Waals surface area contributed by atoms with Gasteiger partial charge in [-0.05, 0) is 61.4 Å². The van der Waals surface area contributed by atoms with Gasteiger partial charge in [0.15, 0.2) is 0 Å². The molecule has 0 saturated heterocycles. The Bertz CT molecular complexity index is 2630. The number of hydrogen-bond acceptors (Lipinski definition) is 0. The van der Waals surface area contributed by atoms with E-state index in [2.05, 4.69) is 95.8 Å². The molecule has 2 aromatic heterocycles. The van der Waals surface area contributed by atoms with Crippen molar-refractivity contribution in [2.24, 2.45) is 5.41 Å². The third-order valence-electron chi connectivity index (χ3n) is 11.2. The maximum atomic E-state index is 16.4. The van der Waals surface area contributed by atoms with Crippen molar-refractivity contribution >= 4 is 60.5 Å². The van der Waals surface area contributed by atoms with Crippen molar-refractivity contribution < 1.29 is 8.78 Å². The Morgan fingerprint density at radius 1 is 0.458 bits per heavy atom. The molecule has 2 atom stereocenters. The van der Waals surface area contributed by atoms with Crippen LogP contribution in [0.25, 0.3) is 60.5 Å². The van der Waals surface area contributed by atoms with E-state index < -0.39 is 11.0 Å². The first-order valence-electron chi connectivity index (χ1n) is 16.4. The Kier molecular flexibility index (Phi) is 5.37. The molecule has 1 fully saturated rings. The molecule has 0 spiro atoms. The molecule has 2 nitrogen and oxygen atoms in total. The summed E-state index contributed by atoms with van der Waals surface area (Å²) < 4.78 is 37.5. The van der Waals surface area contributed by atoms with Crippen LogP contribution in [-0.2, 0) is 5.54 Å². The first-order valence-corrected chi connectivity index (χ1v) is 16.4. The highest BCUT2D eigenvalue weighted by atomic mass is 19.1. The number of benzene rings is 6. The molecular weight excluding hydrogens is 594 g/mol. The monoisotopic (exact) mass is 624 g/mol. The summed E-state index contributed by atoms with van der Waals surface area (Å²) in [6.07, 6.45) is 0. The van der Waals surface area contributed by atoms with Gasteiger partial charge in [-0.25, -0.2) is 8.78 Å². The largest absolute Gasteiger partial charge is 0.329 e. The van der Waals surface area contributed by atoms with Crippen LogP contribution in [0, 0.1) is 17.0 Å². The summed E-state index contributed by atoms with van der Waals surface area (Å²) in [5.41, 5.74) is 7.55. The van der Waals surface area contributed by atoms with Crippen molar-refractivity contribution in [2.45, 2.75) is 19.4 Å². The third kappa shape index (κ3) is 3.20. The molecule has 0 amide bonds. The standard InChI is InChI=1S/C44H30F2N2/c1-43-40(32-20-4-10-22-34(32)46)41(47-35-23-11-5-15-27(35)28-16-6-12-24-36(28)47)39(31-19-3-9-21-33(31)45)42(43)44(43,2)48-37-25-13-7-17-29(37)30-18-8-14-26-38(30)48/h3-26H,1-2H3/t43?,44-/m0/s1.